The zero-order valence-electron chi connectivity index (χ0n) is 11.6. The summed E-state index contributed by atoms with van der Waals surface area (Å²) in [5.74, 6) is -1.60. The number of nitrogen functional groups attached to an aromatic ring is 1. The SMILES string of the molecule is CCC(C)CN(CC)c1cc(F)c(C(=O)O)cc1N. The van der Waals surface area contributed by atoms with E-state index in [2.05, 4.69) is 13.8 Å². The second-order valence-electron chi connectivity index (χ2n) is 4.75. The van der Waals surface area contributed by atoms with E-state index in [0.717, 1.165) is 13.0 Å². The maximum atomic E-state index is 13.7. The fourth-order valence-electron chi connectivity index (χ4n) is 1.92. The van der Waals surface area contributed by atoms with Crippen molar-refractivity contribution in [1.82, 2.24) is 0 Å². The van der Waals surface area contributed by atoms with Gasteiger partial charge in [0.2, 0.25) is 0 Å². The summed E-state index contributed by atoms with van der Waals surface area (Å²) in [4.78, 5) is 12.8. The van der Waals surface area contributed by atoms with E-state index in [9.17, 15) is 9.18 Å². The molecule has 0 aliphatic heterocycles. The normalized spacial score (nSPS) is 12.2. The molecule has 5 heteroatoms. The van der Waals surface area contributed by atoms with E-state index in [1.807, 2.05) is 11.8 Å². The second-order valence-corrected chi connectivity index (χ2v) is 4.75. The Morgan fingerprint density at radius 2 is 2.11 bits per heavy atom. The predicted molar refractivity (Wildman–Crippen MR) is 75.1 cm³/mol. The lowest BCUT2D eigenvalue weighted by Crippen LogP contribution is -2.29. The van der Waals surface area contributed by atoms with Gasteiger partial charge in [-0.3, -0.25) is 0 Å². The fraction of sp³-hybridized carbons (Fsp3) is 0.500. The number of hydrogen-bond donors (Lipinski definition) is 2. The average Bonchev–Trinajstić information content (AvgIpc) is 2.37. The van der Waals surface area contributed by atoms with Crippen molar-refractivity contribution in [2.24, 2.45) is 5.92 Å². The molecule has 0 saturated carbocycles. The number of nitrogens with two attached hydrogens (primary N) is 1. The van der Waals surface area contributed by atoms with Gasteiger partial charge in [-0.2, -0.15) is 0 Å². The Labute approximate surface area is 113 Å². The maximum Gasteiger partial charge on any atom is 0.338 e. The van der Waals surface area contributed by atoms with E-state index in [-0.39, 0.29) is 5.56 Å². The topological polar surface area (TPSA) is 66.6 Å². The van der Waals surface area contributed by atoms with Crippen LogP contribution in [0.1, 0.15) is 37.6 Å². The van der Waals surface area contributed by atoms with Gasteiger partial charge in [0.1, 0.15) is 5.82 Å². The van der Waals surface area contributed by atoms with Gasteiger partial charge >= 0.3 is 5.97 Å². The number of carbonyl (C=O) groups is 1. The number of aromatic carboxylic acids is 1. The number of hydrogen-bond acceptors (Lipinski definition) is 3. The molecular weight excluding hydrogens is 247 g/mol. The third-order valence-corrected chi connectivity index (χ3v) is 3.30. The van der Waals surface area contributed by atoms with Crippen LogP contribution in [0.15, 0.2) is 12.1 Å². The number of carboxylic acids is 1. The maximum absolute atomic E-state index is 13.7. The minimum atomic E-state index is -1.30. The summed E-state index contributed by atoms with van der Waals surface area (Å²) in [5.41, 5.74) is 6.32. The molecule has 0 radical (unpaired) electrons. The van der Waals surface area contributed by atoms with Gasteiger partial charge in [0.15, 0.2) is 0 Å². The molecule has 0 amide bonds. The Bertz CT molecular complexity index is 463. The summed E-state index contributed by atoms with van der Waals surface area (Å²) >= 11 is 0. The van der Waals surface area contributed by atoms with Crippen LogP contribution in [0.3, 0.4) is 0 Å². The summed E-state index contributed by atoms with van der Waals surface area (Å²) in [6.07, 6.45) is 1.02. The summed E-state index contributed by atoms with van der Waals surface area (Å²) in [6, 6.07) is 2.40. The van der Waals surface area contributed by atoms with Crippen LogP contribution < -0.4 is 10.6 Å². The lowest BCUT2D eigenvalue weighted by Gasteiger charge is -2.27. The molecule has 0 spiro atoms. The van der Waals surface area contributed by atoms with Gasteiger partial charge in [-0.05, 0) is 18.9 Å². The quantitative estimate of drug-likeness (QED) is 0.778. The molecule has 1 rings (SSSR count). The minimum absolute atomic E-state index is 0.295. The standard InChI is InChI=1S/C14H21FN2O2/c1-4-9(3)8-17(5-2)13-7-11(15)10(14(18)19)6-12(13)16/h6-7,9H,4-5,8,16H2,1-3H3,(H,18,19). The third kappa shape index (κ3) is 3.59. The van der Waals surface area contributed by atoms with E-state index in [0.29, 0.717) is 23.8 Å². The first-order valence-electron chi connectivity index (χ1n) is 6.47. The van der Waals surface area contributed by atoms with Gasteiger partial charge in [0.25, 0.3) is 0 Å². The van der Waals surface area contributed by atoms with Crippen molar-refractivity contribution in [2.75, 3.05) is 23.7 Å². The highest BCUT2D eigenvalue weighted by Crippen LogP contribution is 2.27. The van der Waals surface area contributed by atoms with Gasteiger partial charge in [0, 0.05) is 19.2 Å². The van der Waals surface area contributed by atoms with Crippen LogP contribution in [0, 0.1) is 11.7 Å². The van der Waals surface area contributed by atoms with E-state index < -0.39 is 11.8 Å². The number of anilines is 2. The number of benzene rings is 1. The lowest BCUT2D eigenvalue weighted by atomic mass is 10.1. The van der Waals surface area contributed by atoms with Crippen molar-refractivity contribution in [3.8, 4) is 0 Å². The monoisotopic (exact) mass is 268 g/mol. The fourth-order valence-corrected chi connectivity index (χ4v) is 1.92. The predicted octanol–water partition coefficient (Wildman–Crippen LogP) is 2.98. The Kier molecular flexibility index (Phi) is 5.15. The zero-order valence-corrected chi connectivity index (χ0v) is 11.6. The highest BCUT2D eigenvalue weighted by atomic mass is 19.1. The van der Waals surface area contributed by atoms with E-state index in [4.69, 9.17) is 10.8 Å². The second kappa shape index (κ2) is 6.41. The Hall–Kier alpha value is -1.78. The Balaban J connectivity index is 3.11. The number of nitrogens with zero attached hydrogens (tertiary/aromatic N) is 1. The van der Waals surface area contributed by atoms with E-state index in [1.54, 1.807) is 0 Å². The molecule has 0 aliphatic carbocycles. The molecule has 0 saturated heterocycles. The molecule has 1 unspecified atom stereocenters. The molecule has 1 aromatic rings. The molecular formula is C14H21FN2O2. The molecule has 0 bridgehead atoms. The van der Waals surface area contributed by atoms with Gasteiger partial charge in [-0.1, -0.05) is 20.3 Å². The number of carboxylic acid groups (broad SMARTS) is 1. The molecule has 1 atom stereocenters. The van der Waals surface area contributed by atoms with Gasteiger partial charge in [-0.25, -0.2) is 9.18 Å². The van der Waals surface area contributed by atoms with Gasteiger partial charge in [0.05, 0.1) is 16.9 Å². The molecule has 106 valence electrons. The molecule has 0 aliphatic rings. The molecule has 0 fully saturated rings. The van der Waals surface area contributed by atoms with Crippen LogP contribution in [0.25, 0.3) is 0 Å². The van der Waals surface area contributed by atoms with Crippen LogP contribution in [0.2, 0.25) is 0 Å². The van der Waals surface area contributed by atoms with Crippen molar-refractivity contribution in [3.63, 3.8) is 0 Å². The van der Waals surface area contributed by atoms with Gasteiger partial charge in [-0.15, -0.1) is 0 Å². The molecule has 0 heterocycles. The summed E-state index contributed by atoms with van der Waals surface area (Å²) in [6.45, 7) is 7.63. The van der Waals surface area contributed by atoms with Crippen molar-refractivity contribution in [2.45, 2.75) is 27.2 Å². The summed E-state index contributed by atoms with van der Waals surface area (Å²) in [7, 11) is 0. The van der Waals surface area contributed by atoms with Crippen LogP contribution >= 0.6 is 0 Å². The first-order valence-corrected chi connectivity index (χ1v) is 6.47. The molecule has 0 aromatic heterocycles. The first-order chi connectivity index (χ1) is 8.90. The van der Waals surface area contributed by atoms with Crippen LogP contribution in [-0.4, -0.2) is 24.2 Å². The van der Waals surface area contributed by atoms with Crippen LogP contribution in [-0.2, 0) is 0 Å². The first kappa shape index (κ1) is 15.3. The lowest BCUT2D eigenvalue weighted by molar-refractivity contribution is 0.0692. The third-order valence-electron chi connectivity index (χ3n) is 3.30. The van der Waals surface area contributed by atoms with Crippen molar-refractivity contribution < 1.29 is 14.3 Å². The summed E-state index contributed by atoms with van der Waals surface area (Å²) in [5, 5.41) is 8.85. The minimum Gasteiger partial charge on any atom is -0.478 e. The molecule has 1 aromatic carbocycles. The average molecular weight is 268 g/mol. The highest BCUT2D eigenvalue weighted by Gasteiger charge is 2.17. The number of halogens is 1. The smallest absolute Gasteiger partial charge is 0.338 e. The molecule has 19 heavy (non-hydrogen) atoms. The van der Waals surface area contributed by atoms with Gasteiger partial charge < -0.3 is 15.7 Å². The van der Waals surface area contributed by atoms with Crippen LogP contribution in [0.5, 0.6) is 0 Å². The highest BCUT2D eigenvalue weighted by molar-refractivity contribution is 5.90. The zero-order chi connectivity index (χ0) is 14.6. The van der Waals surface area contributed by atoms with Crippen molar-refractivity contribution in [3.05, 3.63) is 23.5 Å². The van der Waals surface area contributed by atoms with Crippen LogP contribution in [0.4, 0.5) is 15.8 Å². The molecule has 4 nitrogen and oxygen atoms in total. The Morgan fingerprint density at radius 3 is 2.58 bits per heavy atom. The van der Waals surface area contributed by atoms with Crippen molar-refractivity contribution in [1.29, 1.82) is 0 Å². The number of rotatable bonds is 6. The van der Waals surface area contributed by atoms with Crippen molar-refractivity contribution >= 4 is 17.3 Å². The van der Waals surface area contributed by atoms with E-state index >= 15 is 0 Å². The largest absolute Gasteiger partial charge is 0.478 e. The summed E-state index contributed by atoms with van der Waals surface area (Å²) < 4.78 is 13.7. The molecule has 3 N–H and O–H groups in total. The Morgan fingerprint density at radius 1 is 1.47 bits per heavy atom. The van der Waals surface area contributed by atoms with E-state index in [1.165, 1.54) is 12.1 Å².